The molecule has 1 rings (SSSR count). The van der Waals surface area contributed by atoms with Crippen LogP contribution in [0.5, 0.6) is 0 Å². The number of hydrogen-bond acceptors (Lipinski definition) is 3. The van der Waals surface area contributed by atoms with Gasteiger partial charge in [-0.1, -0.05) is 26.1 Å². The molecule has 1 heterocycles. The molecule has 1 unspecified atom stereocenters. The number of carboxylic acid groups (broad SMARTS) is 1. The van der Waals surface area contributed by atoms with Gasteiger partial charge < -0.3 is 10.4 Å². The van der Waals surface area contributed by atoms with Gasteiger partial charge in [0.15, 0.2) is 0 Å². The molecule has 5 heteroatoms. The summed E-state index contributed by atoms with van der Waals surface area (Å²) >= 11 is 5.28. The van der Waals surface area contributed by atoms with Crippen LogP contribution in [0, 0.1) is 5.92 Å². The van der Waals surface area contributed by atoms with Gasteiger partial charge in [-0.2, -0.15) is 0 Å². The van der Waals surface area contributed by atoms with Crippen molar-refractivity contribution in [1.29, 1.82) is 0 Å². The van der Waals surface area contributed by atoms with Crippen LogP contribution in [-0.2, 0) is 4.79 Å². The molecule has 0 spiro atoms. The molecule has 4 nitrogen and oxygen atoms in total. The zero-order valence-electron chi connectivity index (χ0n) is 10.8. The fraction of sp³-hybridized carbons (Fsp3) is 0.583. The van der Waals surface area contributed by atoms with E-state index in [1.165, 1.54) is 0 Å². The van der Waals surface area contributed by atoms with Crippen molar-refractivity contribution in [2.45, 2.75) is 40.2 Å². The Balaban J connectivity index is 3.17. The van der Waals surface area contributed by atoms with E-state index in [-0.39, 0.29) is 11.5 Å². The van der Waals surface area contributed by atoms with Crippen molar-refractivity contribution in [3.63, 3.8) is 0 Å². The molecular formula is C12H18N2O2S. The highest BCUT2D eigenvalue weighted by molar-refractivity contribution is 7.80. The highest BCUT2D eigenvalue weighted by atomic mass is 32.1. The quantitative estimate of drug-likeness (QED) is 0.598. The molecule has 0 amide bonds. The summed E-state index contributed by atoms with van der Waals surface area (Å²) in [6.45, 7) is 9.36. The van der Waals surface area contributed by atoms with Gasteiger partial charge >= 0.3 is 5.97 Å². The molecule has 0 bridgehead atoms. The van der Waals surface area contributed by atoms with Crippen LogP contribution in [-0.4, -0.2) is 27.4 Å². The number of rotatable bonds is 3. The number of hydrogen-bond donors (Lipinski definition) is 2. The summed E-state index contributed by atoms with van der Waals surface area (Å²) in [5, 5.41) is 12.0. The highest BCUT2D eigenvalue weighted by Gasteiger charge is 2.39. The standard InChI is InChI=1S/C12H18N2O2S/c1-6(2)12(5)11(17)13-9(14-12)7(3)8(4)10(15)16/h6H,1-5H3,(H,15,16)(H,13,14,17)/b8-7-. The predicted octanol–water partition coefficient (Wildman–Crippen LogP) is 2.15. The molecule has 17 heavy (non-hydrogen) atoms. The van der Waals surface area contributed by atoms with Crippen LogP contribution in [0.25, 0.3) is 0 Å². The predicted molar refractivity (Wildman–Crippen MR) is 72.4 cm³/mol. The van der Waals surface area contributed by atoms with E-state index < -0.39 is 11.5 Å². The molecular weight excluding hydrogens is 236 g/mol. The first kappa shape index (κ1) is 13.8. The van der Waals surface area contributed by atoms with Crippen LogP contribution in [0.15, 0.2) is 16.1 Å². The minimum atomic E-state index is -0.934. The molecule has 0 aromatic heterocycles. The summed E-state index contributed by atoms with van der Waals surface area (Å²) in [6.07, 6.45) is 0. The van der Waals surface area contributed by atoms with Crippen molar-refractivity contribution in [3.05, 3.63) is 11.1 Å². The van der Waals surface area contributed by atoms with Crippen molar-refractivity contribution in [1.82, 2.24) is 5.32 Å². The number of amidine groups is 1. The smallest absolute Gasteiger partial charge is 0.331 e. The molecule has 0 fully saturated rings. The first-order chi connectivity index (χ1) is 7.70. The Bertz CT molecular complexity index is 438. The van der Waals surface area contributed by atoms with Crippen LogP contribution >= 0.6 is 12.2 Å². The van der Waals surface area contributed by atoms with E-state index in [0.29, 0.717) is 16.4 Å². The summed E-state index contributed by atoms with van der Waals surface area (Å²) < 4.78 is 0. The van der Waals surface area contributed by atoms with E-state index >= 15 is 0 Å². The molecule has 2 N–H and O–H groups in total. The Labute approximate surface area is 107 Å². The summed E-state index contributed by atoms with van der Waals surface area (Å²) in [6, 6.07) is 0. The summed E-state index contributed by atoms with van der Waals surface area (Å²) in [5.41, 5.74) is 0.473. The van der Waals surface area contributed by atoms with Crippen molar-refractivity contribution in [3.8, 4) is 0 Å². The van der Waals surface area contributed by atoms with Crippen LogP contribution < -0.4 is 5.32 Å². The number of carbonyl (C=O) groups is 1. The minimum absolute atomic E-state index is 0.262. The number of nitrogens with zero attached hydrogens (tertiary/aromatic N) is 1. The number of thiocarbonyl (C=S) groups is 1. The molecule has 1 aliphatic heterocycles. The van der Waals surface area contributed by atoms with Crippen LogP contribution in [0.3, 0.4) is 0 Å². The fourth-order valence-corrected chi connectivity index (χ4v) is 1.83. The molecule has 0 saturated carbocycles. The lowest BCUT2D eigenvalue weighted by Gasteiger charge is -2.24. The second-order valence-electron chi connectivity index (χ2n) is 4.77. The molecule has 94 valence electrons. The van der Waals surface area contributed by atoms with Crippen molar-refractivity contribution in [2.24, 2.45) is 10.9 Å². The fourth-order valence-electron chi connectivity index (χ4n) is 1.45. The Morgan fingerprint density at radius 2 is 2.00 bits per heavy atom. The van der Waals surface area contributed by atoms with E-state index in [4.69, 9.17) is 17.3 Å². The maximum Gasteiger partial charge on any atom is 0.331 e. The molecule has 1 aliphatic rings. The van der Waals surface area contributed by atoms with Gasteiger partial charge in [0, 0.05) is 11.1 Å². The zero-order valence-corrected chi connectivity index (χ0v) is 11.6. The number of aliphatic imine (C=N–C) groups is 1. The van der Waals surface area contributed by atoms with E-state index in [0.717, 1.165) is 0 Å². The lowest BCUT2D eigenvalue weighted by molar-refractivity contribution is -0.132. The molecule has 0 aromatic carbocycles. The van der Waals surface area contributed by atoms with Crippen LogP contribution in [0.1, 0.15) is 34.6 Å². The van der Waals surface area contributed by atoms with E-state index in [1.54, 1.807) is 13.8 Å². The average Bonchev–Trinajstić information content (AvgIpc) is 2.54. The van der Waals surface area contributed by atoms with Gasteiger partial charge in [-0.15, -0.1) is 0 Å². The Hall–Kier alpha value is -1.23. The maximum atomic E-state index is 10.9. The van der Waals surface area contributed by atoms with Gasteiger partial charge in [0.1, 0.15) is 16.4 Å². The molecule has 0 radical (unpaired) electrons. The highest BCUT2D eigenvalue weighted by Crippen LogP contribution is 2.28. The first-order valence-corrected chi connectivity index (χ1v) is 5.93. The monoisotopic (exact) mass is 254 g/mol. The van der Waals surface area contributed by atoms with Gasteiger partial charge in [0.25, 0.3) is 0 Å². The summed E-state index contributed by atoms with van der Waals surface area (Å²) in [4.78, 5) is 16.1. The van der Waals surface area contributed by atoms with Gasteiger partial charge in [0.05, 0.1) is 0 Å². The van der Waals surface area contributed by atoms with Gasteiger partial charge in [-0.05, 0) is 26.7 Å². The normalized spacial score (nSPS) is 25.5. The lowest BCUT2D eigenvalue weighted by Crippen LogP contribution is -2.39. The van der Waals surface area contributed by atoms with Crippen LogP contribution in [0.2, 0.25) is 0 Å². The van der Waals surface area contributed by atoms with E-state index in [2.05, 4.69) is 10.3 Å². The maximum absolute atomic E-state index is 10.9. The minimum Gasteiger partial charge on any atom is -0.478 e. The van der Waals surface area contributed by atoms with E-state index in [9.17, 15) is 4.79 Å². The topological polar surface area (TPSA) is 61.7 Å². The Morgan fingerprint density at radius 3 is 2.35 bits per heavy atom. The largest absolute Gasteiger partial charge is 0.478 e. The third-order valence-electron chi connectivity index (χ3n) is 3.40. The van der Waals surface area contributed by atoms with Crippen molar-refractivity contribution < 1.29 is 9.90 Å². The van der Waals surface area contributed by atoms with Gasteiger partial charge in [-0.3, -0.25) is 4.99 Å². The summed E-state index contributed by atoms with van der Waals surface area (Å²) in [5.74, 6) is -0.0971. The number of nitrogens with one attached hydrogen (secondary N) is 1. The molecule has 0 aromatic rings. The van der Waals surface area contributed by atoms with Crippen molar-refractivity contribution >= 4 is 29.0 Å². The molecule has 1 atom stereocenters. The second kappa shape index (κ2) is 4.56. The van der Waals surface area contributed by atoms with E-state index in [1.807, 2.05) is 20.8 Å². The SMILES string of the molecule is C/C(C(=O)O)=C(\C)C1=NC(C)(C(C)C)C(=S)N1. The number of carboxylic acids is 1. The second-order valence-corrected chi connectivity index (χ2v) is 5.18. The molecule has 0 aliphatic carbocycles. The Morgan fingerprint density at radius 1 is 1.47 bits per heavy atom. The lowest BCUT2D eigenvalue weighted by atomic mass is 9.90. The van der Waals surface area contributed by atoms with Crippen LogP contribution in [0.4, 0.5) is 0 Å². The average molecular weight is 254 g/mol. The zero-order chi connectivity index (χ0) is 13.4. The third-order valence-corrected chi connectivity index (χ3v) is 3.91. The van der Waals surface area contributed by atoms with Gasteiger partial charge in [0.2, 0.25) is 0 Å². The number of aliphatic carboxylic acids is 1. The van der Waals surface area contributed by atoms with Crippen molar-refractivity contribution in [2.75, 3.05) is 0 Å². The third kappa shape index (κ3) is 2.39. The van der Waals surface area contributed by atoms with Gasteiger partial charge in [-0.25, -0.2) is 4.79 Å². The summed E-state index contributed by atoms with van der Waals surface area (Å²) in [7, 11) is 0. The Kier molecular flexibility index (Phi) is 3.71. The molecule has 0 saturated heterocycles. The first-order valence-electron chi connectivity index (χ1n) is 5.52.